The van der Waals surface area contributed by atoms with Crippen molar-refractivity contribution < 1.29 is 14.1 Å². The maximum atomic E-state index is 11.0. The molecule has 2 rings (SSSR count). The molecule has 6 heteroatoms. The van der Waals surface area contributed by atoms with Crippen LogP contribution >= 0.6 is 0 Å². The molecule has 0 radical (unpaired) electrons. The SMILES string of the molecule is CN(Cc1ccoc1)c1ccc([N+](=O)[O-])cc1C=O. The van der Waals surface area contributed by atoms with Gasteiger partial charge in [0.1, 0.15) is 0 Å². The number of nitro groups is 1. The smallest absolute Gasteiger partial charge is 0.270 e. The highest BCUT2D eigenvalue weighted by Gasteiger charge is 2.13. The third kappa shape index (κ3) is 2.79. The monoisotopic (exact) mass is 260 g/mol. The maximum Gasteiger partial charge on any atom is 0.270 e. The highest BCUT2D eigenvalue weighted by molar-refractivity contribution is 5.85. The van der Waals surface area contributed by atoms with E-state index in [-0.39, 0.29) is 5.69 Å². The van der Waals surface area contributed by atoms with E-state index in [1.165, 1.54) is 12.1 Å². The van der Waals surface area contributed by atoms with Crippen molar-refractivity contribution in [2.75, 3.05) is 11.9 Å². The Kier molecular flexibility index (Phi) is 3.61. The first-order valence-electron chi connectivity index (χ1n) is 5.57. The Bertz CT molecular complexity index is 593. The number of nitro benzene ring substituents is 1. The maximum absolute atomic E-state index is 11.0. The third-order valence-corrected chi connectivity index (χ3v) is 2.76. The van der Waals surface area contributed by atoms with Gasteiger partial charge in [-0.05, 0) is 12.1 Å². The lowest BCUT2D eigenvalue weighted by Gasteiger charge is -2.19. The van der Waals surface area contributed by atoms with Crippen LogP contribution in [0.15, 0.2) is 41.2 Å². The van der Waals surface area contributed by atoms with Crippen molar-refractivity contribution in [1.82, 2.24) is 0 Å². The summed E-state index contributed by atoms with van der Waals surface area (Å²) in [6, 6.07) is 6.05. The van der Waals surface area contributed by atoms with Gasteiger partial charge in [0.15, 0.2) is 6.29 Å². The number of non-ortho nitro benzene ring substituents is 1. The number of hydrogen-bond donors (Lipinski definition) is 0. The molecule has 1 aromatic heterocycles. The van der Waals surface area contributed by atoms with Gasteiger partial charge in [0.05, 0.1) is 17.4 Å². The van der Waals surface area contributed by atoms with Crippen LogP contribution in [0, 0.1) is 10.1 Å². The molecule has 0 bridgehead atoms. The van der Waals surface area contributed by atoms with Gasteiger partial charge in [0, 0.05) is 42.5 Å². The van der Waals surface area contributed by atoms with Crippen molar-refractivity contribution in [3.8, 4) is 0 Å². The Hall–Kier alpha value is -2.63. The van der Waals surface area contributed by atoms with Gasteiger partial charge < -0.3 is 9.32 Å². The summed E-state index contributed by atoms with van der Waals surface area (Å²) in [4.78, 5) is 23.0. The summed E-state index contributed by atoms with van der Waals surface area (Å²) in [5, 5.41) is 10.7. The molecule has 0 N–H and O–H groups in total. The lowest BCUT2D eigenvalue weighted by Crippen LogP contribution is -2.17. The van der Waals surface area contributed by atoms with Crippen LogP contribution in [0.25, 0.3) is 0 Å². The topological polar surface area (TPSA) is 76.6 Å². The highest BCUT2D eigenvalue weighted by atomic mass is 16.6. The number of carbonyl (C=O) groups is 1. The molecular weight excluding hydrogens is 248 g/mol. The number of carbonyl (C=O) groups excluding carboxylic acids is 1. The number of benzene rings is 1. The average molecular weight is 260 g/mol. The van der Waals surface area contributed by atoms with Crippen molar-refractivity contribution in [3.63, 3.8) is 0 Å². The predicted octanol–water partition coefficient (Wildman–Crippen LogP) is 2.64. The molecule has 0 saturated heterocycles. The summed E-state index contributed by atoms with van der Waals surface area (Å²) in [6.45, 7) is 0.551. The molecule has 0 atom stereocenters. The molecule has 98 valence electrons. The van der Waals surface area contributed by atoms with Gasteiger partial charge in [-0.1, -0.05) is 0 Å². The van der Waals surface area contributed by atoms with Gasteiger partial charge in [-0.2, -0.15) is 0 Å². The molecule has 0 fully saturated rings. The number of hydrogen-bond acceptors (Lipinski definition) is 5. The summed E-state index contributed by atoms with van der Waals surface area (Å²) in [6.07, 6.45) is 3.80. The summed E-state index contributed by atoms with van der Waals surface area (Å²) in [5.74, 6) is 0. The van der Waals surface area contributed by atoms with Crippen LogP contribution < -0.4 is 4.90 Å². The minimum atomic E-state index is -0.521. The Balaban J connectivity index is 2.28. The lowest BCUT2D eigenvalue weighted by atomic mass is 10.1. The first kappa shape index (κ1) is 12.8. The number of anilines is 1. The number of furan rings is 1. The van der Waals surface area contributed by atoms with Crippen LogP contribution in [0.2, 0.25) is 0 Å². The molecule has 0 saturated carbocycles. The molecule has 2 aromatic rings. The predicted molar refractivity (Wildman–Crippen MR) is 69.3 cm³/mol. The van der Waals surface area contributed by atoms with Crippen LogP contribution in [0.3, 0.4) is 0 Å². The van der Waals surface area contributed by atoms with E-state index in [0.717, 1.165) is 5.56 Å². The largest absolute Gasteiger partial charge is 0.472 e. The van der Waals surface area contributed by atoms with E-state index in [1.807, 2.05) is 11.0 Å². The Morgan fingerprint density at radius 1 is 1.42 bits per heavy atom. The van der Waals surface area contributed by atoms with Crippen LogP contribution in [-0.4, -0.2) is 18.3 Å². The summed E-state index contributed by atoms with van der Waals surface area (Å²) in [7, 11) is 1.81. The van der Waals surface area contributed by atoms with Crippen LogP contribution in [-0.2, 0) is 6.54 Å². The third-order valence-electron chi connectivity index (χ3n) is 2.76. The minimum Gasteiger partial charge on any atom is -0.472 e. The lowest BCUT2D eigenvalue weighted by molar-refractivity contribution is -0.384. The fourth-order valence-electron chi connectivity index (χ4n) is 1.84. The standard InChI is InChI=1S/C13H12N2O4/c1-14(7-10-4-5-19-9-10)13-3-2-12(15(17)18)6-11(13)8-16/h2-6,8-9H,7H2,1H3. The molecule has 0 aliphatic rings. The number of aldehydes is 1. The first-order chi connectivity index (χ1) is 9.11. The van der Waals surface area contributed by atoms with E-state index < -0.39 is 4.92 Å². The van der Waals surface area contributed by atoms with Gasteiger partial charge >= 0.3 is 0 Å². The zero-order valence-electron chi connectivity index (χ0n) is 10.3. The van der Waals surface area contributed by atoms with Crippen LogP contribution in [0.1, 0.15) is 15.9 Å². The van der Waals surface area contributed by atoms with Crippen molar-refractivity contribution in [1.29, 1.82) is 0 Å². The van der Waals surface area contributed by atoms with E-state index in [9.17, 15) is 14.9 Å². The zero-order chi connectivity index (χ0) is 13.8. The van der Waals surface area contributed by atoms with Crippen molar-refractivity contribution in [2.24, 2.45) is 0 Å². The van der Waals surface area contributed by atoms with E-state index in [1.54, 1.807) is 25.6 Å². The van der Waals surface area contributed by atoms with Gasteiger partial charge in [-0.3, -0.25) is 14.9 Å². The second kappa shape index (κ2) is 5.34. The highest BCUT2D eigenvalue weighted by Crippen LogP contribution is 2.24. The molecule has 0 aliphatic carbocycles. The van der Waals surface area contributed by atoms with Crippen LogP contribution in [0.4, 0.5) is 11.4 Å². The van der Waals surface area contributed by atoms with E-state index in [0.29, 0.717) is 24.1 Å². The van der Waals surface area contributed by atoms with Crippen molar-refractivity contribution in [3.05, 3.63) is 58.0 Å². The quantitative estimate of drug-likeness (QED) is 0.469. The second-order valence-electron chi connectivity index (χ2n) is 4.11. The molecular formula is C13H12N2O4. The fraction of sp³-hybridized carbons (Fsp3) is 0.154. The van der Waals surface area contributed by atoms with Gasteiger partial charge in [-0.25, -0.2) is 0 Å². The van der Waals surface area contributed by atoms with E-state index in [4.69, 9.17) is 4.42 Å². The molecule has 1 aromatic carbocycles. The van der Waals surface area contributed by atoms with Gasteiger partial charge in [0.2, 0.25) is 0 Å². The molecule has 19 heavy (non-hydrogen) atoms. The molecule has 0 aliphatic heterocycles. The molecule has 0 amide bonds. The molecule has 0 spiro atoms. The van der Waals surface area contributed by atoms with Crippen molar-refractivity contribution in [2.45, 2.75) is 6.54 Å². The summed E-state index contributed by atoms with van der Waals surface area (Å²) in [5.41, 5.74) is 1.79. The zero-order valence-corrected chi connectivity index (χ0v) is 10.3. The second-order valence-corrected chi connectivity index (χ2v) is 4.11. The Morgan fingerprint density at radius 3 is 2.79 bits per heavy atom. The number of rotatable bonds is 5. The molecule has 0 unspecified atom stereocenters. The number of nitrogens with zero attached hydrogens (tertiary/aromatic N) is 2. The Morgan fingerprint density at radius 2 is 2.21 bits per heavy atom. The summed E-state index contributed by atoms with van der Waals surface area (Å²) >= 11 is 0. The fourth-order valence-corrected chi connectivity index (χ4v) is 1.84. The molecule has 1 heterocycles. The molecule has 6 nitrogen and oxygen atoms in total. The van der Waals surface area contributed by atoms with Crippen molar-refractivity contribution >= 4 is 17.7 Å². The van der Waals surface area contributed by atoms with E-state index >= 15 is 0 Å². The average Bonchev–Trinajstić information content (AvgIpc) is 2.90. The Labute approximate surface area is 109 Å². The first-order valence-corrected chi connectivity index (χ1v) is 5.57. The van der Waals surface area contributed by atoms with E-state index in [2.05, 4.69) is 0 Å². The van der Waals surface area contributed by atoms with Crippen LogP contribution in [0.5, 0.6) is 0 Å². The van der Waals surface area contributed by atoms with Gasteiger partial charge in [-0.15, -0.1) is 0 Å². The van der Waals surface area contributed by atoms with Gasteiger partial charge in [0.25, 0.3) is 5.69 Å². The summed E-state index contributed by atoms with van der Waals surface area (Å²) < 4.78 is 4.97. The minimum absolute atomic E-state index is 0.0949. The normalized spacial score (nSPS) is 10.2.